The number of hydrogen-bond acceptors (Lipinski definition) is 3. The molecule has 1 aliphatic rings. The molecule has 1 fully saturated rings. The van der Waals surface area contributed by atoms with E-state index in [1.165, 1.54) is 0 Å². The predicted octanol–water partition coefficient (Wildman–Crippen LogP) is 3.84. The van der Waals surface area contributed by atoms with Crippen LogP contribution >= 0.6 is 11.6 Å². The SMILES string of the molecule is COc1cccc(NC(=O)[C@@H]2CCCN(C(=O)c3ccc(Cl)cc3)C2)c1. The number of methoxy groups -OCH3 is 1. The average molecular weight is 373 g/mol. The van der Waals surface area contributed by atoms with E-state index in [2.05, 4.69) is 5.32 Å². The van der Waals surface area contributed by atoms with Crippen molar-refractivity contribution in [1.82, 2.24) is 4.90 Å². The lowest BCUT2D eigenvalue weighted by molar-refractivity contribution is -0.121. The third-order valence-electron chi connectivity index (χ3n) is 4.51. The van der Waals surface area contributed by atoms with Gasteiger partial charge in [-0.05, 0) is 49.2 Å². The number of carbonyl (C=O) groups is 2. The third kappa shape index (κ3) is 4.35. The van der Waals surface area contributed by atoms with Gasteiger partial charge in [0, 0.05) is 35.4 Å². The number of hydrogen-bond donors (Lipinski definition) is 1. The van der Waals surface area contributed by atoms with E-state index in [1.54, 1.807) is 42.3 Å². The van der Waals surface area contributed by atoms with E-state index in [1.807, 2.05) is 18.2 Å². The van der Waals surface area contributed by atoms with Crippen LogP contribution in [0.15, 0.2) is 48.5 Å². The van der Waals surface area contributed by atoms with Crippen LogP contribution in [0.1, 0.15) is 23.2 Å². The summed E-state index contributed by atoms with van der Waals surface area (Å²) in [6, 6.07) is 14.1. The number of benzene rings is 2. The number of halogens is 1. The second kappa shape index (κ2) is 8.23. The first kappa shape index (κ1) is 18.3. The Morgan fingerprint density at radius 1 is 1.19 bits per heavy atom. The van der Waals surface area contributed by atoms with Gasteiger partial charge in [-0.1, -0.05) is 17.7 Å². The van der Waals surface area contributed by atoms with Crippen molar-refractivity contribution >= 4 is 29.1 Å². The van der Waals surface area contributed by atoms with Gasteiger partial charge in [0.15, 0.2) is 0 Å². The maximum absolute atomic E-state index is 12.7. The van der Waals surface area contributed by atoms with Crippen molar-refractivity contribution in [1.29, 1.82) is 0 Å². The molecule has 136 valence electrons. The highest BCUT2D eigenvalue weighted by Gasteiger charge is 2.29. The zero-order valence-electron chi connectivity index (χ0n) is 14.6. The highest BCUT2D eigenvalue weighted by molar-refractivity contribution is 6.30. The Kier molecular flexibility index (Phi) is 5.78. The quantitative estimate of drug-likeness (QED) is 0.887. The van der Waals surface area contributed by atoms with E-state index >= 15 is 0 Å². The highest BCUT2D eigenvalue weighted by atomic mass is 35.5. The molecule has 2 aromatic carbocycles. The van der Waals surface area contributed by atoms with Crippen LogP contribution in [-0.2, 0) is 4.79 Å². The molecule has 2 amide bonds. The number of anilines is 1. The summed E-state index contributed by atoms with van der Waals surface area (Å²) in [6.07, 6.45) is 1.57. The lowest BCUT2D eigenvalue weighted by atomic mass is 9.96. The molecule has 1 N–H and O–H groups in total. The molecule has 0 unspecified atom stereocenters. The molecule has 0 aromatic heterocycles. The molecule has 1 atom stereocenters. The van der Waals surface area contributed by atoms with Gasteiger partial charge in [0.2, 0.25) is 5.91 Å². The molecule has 1 saturated heterocycles. The number of piperidine rings is 1. The molecule has 0 radical (unpaired) electrons. The molecule has 2 aromatic rings. The van der Waals surface area contributed by atoms with Gasteiger partial charge in [-0.15, -0.1) is 0 Å². The number of carbonyl (C=O) groups excluding carboxylic acids is 2. The minimum Gasteiger partial charge on any atom is -0.497 e. The Morgan fingerprint density at radius 3 is 2.69 bits per heavy atom. The van der Waals surface area contributed by atoms with Gasteiger partial charge in [0.25, 0.3) is 5.91 Å². The smallest absolute Gasteiger partial charge is 0.253 e. The molecule has 0 saturated carbocycles. The summed E-state index contributed by atoms with van der Waals surface area (Å²) in [6.45, 7) is 1.07. The van der Waals surface area contributed by atoms with Crippen molar-refractivity contribution in [3.8, 4) is 5.75 Å². The minimum absolute atomic E-state index is 0.0689. The summed E-state index contributed by atoms with van der Waals surface area (Å²) in [4.78, 5) is 27.0. The highest BCUT2D eigenvalue weighted by Crippen LogP contribution is 2.22. The molecule has 0 spiro atoms. The first-order chi connectivity index (χ1) is 12.6. The predicted molar refractivity (Wildman–Crippen MR) is 102 cm³/mol. The minimum atomic E-state index is -0.230. The van der Waals surface area contributed by atoms with Crippen LogP contribution in [0.25, 0.3) is 0 Å². The molecular formula is C20H21ClN2O3. The fourth-order valence-corrected chi connectivity index (χ4v) is 3.22. The maximum Gasteiger partial charge on any atom is 0.253 e. The number of nitrogens with one attached hydrogen (secondary N) is 1. The molecule has 0 bridgehead atoms. The van der Waals surface area contributed by atoms with Gasteiger partial charge in [-0.3, -0.25) is 9.59 Å². The van der Waals surface area contributed by atoms with Crippen molar-refractivity contribution < 1.29 is 14.3 Å². The summed E-state index contributed by atoms with van der Waals surface area (Å²) in [5.74, 6) is 0.310. The number of ether oxygens (including phenoxy) is 1. The fourth-order valence-electron chi connectivity index (χ4n) is 3.10. The Hall–Kier alpha value is -2.53. The van der Waals surface area contributed by atoms with Crippen molar-refractivity contribution in [3.05, 3.63) is 59.1 Å². The lowest BCUT2D eigenvalue weighted by Gasteiger charge is -2.32. The second-order valence-corrected chi connectivity index (χ2v) is 6.75. The summed E-state index contributed by atoms with van der Waals surface area (Å²) >= 11 is 5.88. The fraction of sp³-hybridized carbons (Fsp3) is 0.300. The molecular weight excluding hydrogens is 352 g/mol. The van der Waals surface area contributed by atoms with Crippen molar-refractivity contribution in [3.63, 3.8) is 0 Å². The van der Waals surface area contributed by atoms with E-state index in [4.69, 9.17) is 16.3 Å². The van der Waals surface area contributed by atoms with E-state index in [0.29, 0.717) is 35.1 Å². The Labute approximate surface area is 157 Å². The van der Waals surface area contributed by atoms with Gasteiger partial charge in [0.1, 0.15) is 5.75 Å². The molecule has 6 heteroatoms. The molecule has 0 aliphatic carbocycles. The maximum atomic E-state index is 12.7. The second-order valence-electron chi connectivity index (χ2n) is 6.32. The van der Waals surface area contributed by atoms with E-state index < -0.39 is 0 Å². The monoisotopic (exact) mass is 372 g/mol. The van der Waals surface area contributed by atoms with Gasteiger partial charge < -0.3 is 15.0 Å². The summed E-state index contributed by atoms with van der Waals surface area (Å²) < 4.78 is 5.17. The van der Waals surface area contributed by atoms with E-state index in [-0.39, 0.29) is 17.7 Å². The Bertz CT molecular complexity index is 792. The zero-order valence-corrected chi connectivity index (χ0v) is 15.3. The number of rotatable bonds is 4. The normalized spacial score (nSPS) is 16.8. The Morgan fingerprint density at radius 2 is 1.96 bits per heavy atom. The van der Waals surface area contributed by atoms with Crippen LogP contribution in [0.5, 0.6) is 5.75 Å². The van der Waals surface area contributed by atoms with Crippen LogP contribution in [-0.4, -0.2) is 36.9 Å². The standard InChI is InChI=1S/C20H21ClN2O3/c1-26-18-6-2-5-17(12-18)22-19(24)15-4-3-11-23(13-15)20(25)14-7-9-16(21)10-8-14/h2,5-10,12,15H,3-4,11,13H2,1H3,(H,22,24)/t15-/m1/s1. The summed E-state index contributed by atoms with van der Waals surface area (Å²) in [7, 11) is 1.59. The molecule has 3 rings (SSSR count). The van der Waals surface area contributed by atoms with E-state index in [9.17, 15) is 9.59 Å². The van der Waals surface area contributed by atoms with Gasteiger partial charge >= 0.3 is 0 Å². The van der Waals surface area contributed by atoms with Crippen molar-refractivity contribution in [2.75, 3.05) is 25.5 Å². The number of amides is 2. The molecule has 5 nitrogen and oxygen atoms in total. The topological polar surface area (TPSA) is 58.6 Å². The largest absolute Gasteiger partial charge is 0.497 e. The van der Waals surface area contributed by atoms with E-state index in [0.717, 1.165) is 12.8 Å². The molecule has 26 heavy (non-hydrogen) atoms. The van der Waals surface area contributed by atoms with Crippen LogP contribution < -0.4 is 10.1 Å². The van der Waals surface area contributed by atoms with Gasteiger partial charge in [-0.2, -0.15) is 0 Å². The van der Waals surface area contributed by atoms with Crippen LogP contribution in [0.4, 0.5) is 5.69 Å². The average Bonchev–Trinajstić information content (AvgIpc) is 2.68. The first-order valence-corrected chi connectivity index (χ1v) is 8.94. The van der Waals surface area contributed by atoms with Crippen molar-refractivity contribution in [2.45, 2.75) is 12.8 Å². The first-order valence-electron chi connectivity index (χ1n) is 8.56. The summed E-state index contributed by atoms with van der Waals surface area (Å²) in [5.41, 5.74) is 1.28. The zero-order chi connectivity index (χ0) is 18.5. The molecule has 1 aliphatic heterocycles. The number of likely N-dealkylation sites (tertiary alicyclic amines) is 1. The Balaban J connectivity index is 1.64. The van der Waals surface area contributed by atoms with Crippen LogP contribution in [0, 0.1) is 5.92 Å². The van der Waals surface area contributed by atoms with Crippen LogP contribution in [0.3, 0.4) is 0 Å². The van der Waals surface area contributed by atoms with Gasteiger partial charge in [-0.25, -0.2) is 0 Å². The number of nitrogens with zero attached hydrogens (tertiary/aromatic N) is 1. The lowest BCUT2D eigenvalue weighted by Crippen LogP contribution is -2.43. The molecule has 1 heterocycles. The third-order valence-corrected chi connectivity index (χ3v) is 4.76. The van der Waals surface area contributed by atoms with Crippen LogP contribution in [0.2, 0.25) is 5.02 Å². The van der Waals surface area contributed by atoms with Crippen molar-refractivity contribution in [2.24, 2.45) is 5.92 Å². The summed E-state index contributed by atoms with van der Waals surface area (Å²) in [5, 5.41) is 3.51. The van der Waals surface area contributed by atoms with Gasteiger partial charge in [0.05, 0.1) is 13.0 Å².